The standard InChI is InChI=1S/C11H11ClFN3O/c12-9-3-8(4-10(13)6-9)5-11-14-7-15-16(11)1-2-17/h3-4,6-7,17H,1-2,5H2. The first-order valence-corrected chi connectivity index (χ1v) is 5.49. The summed E-state index contributed by atoms with van der Waals surface area (Å²) in [6.07, 6.45) is 1.84. The molecule has 0 amide bonds. The SMILES string of the molecule is OCCn1ncnc1Cc1cc(F)cc(Cl)c1. The van der Waals surface area contributed by atoms with Gasteiger partial charge in [0.25, 0.3) is 0 Å². The highest BCUT2D eigenvalue weighted by molar-refractivity contribution is 6.30. The van der Waals surface area contributed by atoms with E-state index in [1.807, 2.05) is 0 Å². The first kappa shape index (κ1) is 12.0. The largest absolute Gasteiger partial charge is 0.394 e. The minimum Gasteiger partial charge on any atom is -0.394 e. The van der Waals surface area contributed by atoms with Crippen molar-refractivity contribution in [1.82, 2.24) is 14.8 Å². The Balaban J connectivity index is 2.22. The Hall–Kier alpha value is -1.46. The zero-order valence-corrected chi connectivity index (χ0v) is 9.73. The number of hydrogen-bond acceptors (Lipinski definition) is 3. The first-order chi connectivity index (χ1) is 8.19. The van der Waals surface area contributed by atoms with Gasteiger partial charge in [0, 0.05) is 11.4 Å². The predicted octanol–water partition coefficient (Wildman–Crippen LogP) is 1.65. The van der Waals surface area contributed by atoms with Crippen LogP contribution in [-0.2, 0) is 13.0 Å². The van der Waals surface area contributed by atoms with Crippen LogP contribution in [0.5, 0.6) is 0 Å². The van der Waals surface area contributed by atoms with E-state index < -0.39 is 0 Å². The summed E-state index contributed by atoms with van der Waals surface area (Å²) in [4.78, 5) is 4.06. The quantitative estimate of drug-likeness (QED) is 0.904. The molecule has 1 aromatic heterocycles. The fourth-order valence-corrected chi connectivity index (χ4v) is 1.85. The number of aliphatic hydroxyl groups excluding tert-OH is 1. The van der Waals surface area contributed by atoms with E-state index in [4.69, 9.17) is 16.7 Å². The predicted molar refractivity (Wildman–Crippen MR) is 61.3 cm³/mol. The molecule has 2 rings (SSSR count). The molecule has 1 heterocycles. The molecule has 0 atom stereocenters. The molecule has 1 aromatic carbocycles. The maximum Gasteiger partial charge on any atom is 0.138 e. The van der Waals surface area contributed by atoms with Crippen LogP contribution >= 0.6 is 11.6 Å². The van der Waals surface area contributed by atoms with Gasteiger partial charge in [-0.25, -0.2) is 14.1 Å². The molecule has 17 heavy (non-hydrogen) atoms. The third kappa shape index (κ3) is 3.01. The van der Waals surface area contributed by atoms with Crippen LogP contribution in [0.15, 0.2) is 24.5 Å². The smallest absolute Gasteiger partial charge is 0.138 e. The van der Waals surface area contributed by atoms with Crippen molar-refractivity contribution in [2.75, 3.05) is 6.61 Å². The van der Waals surface area contributed by atoms with Crippen LogP contribution in [0.25, 0.3) is 0 Å². The molecule has 4 nitrogen and oxygen atoms in total. The van der Waals surface area contributed by atoms with Gasteiger partial charge in [-0.05, 0) is 23.8 Å². The van der Waals surface area contributed by atoms with Gasteiger partial charge in [0.15, 0.2) is 0 Å². The van der Waals surface area contributed by atoms with Crippen LogP contribution in [-0.4, -0.2) is 26.5 Å². The second kappa shape index (κ2) is 5.25. The van der Waals surface area contributed by atoms with Crippen molar-refractivity contribution in [3.8, 4) is 0 Å². The minimum atomic E-state index is -0.374. The normalized spacial score (nSPS) is 10.8. The van der Waals surface area contributed by atoms with E-state index in [1.54, 1.807) is 10.7 Å². The van der Waals surface area contributed by atoms with Gasteiger partial charge in [-0.3, -0.25) is 0 Å². The Morgan fingerprint density at radius 1 is 1.35 bits per heavy atom. The molecule has 2 aromatic rings. The van der Waals surface area contributed by atoms with Crippen molar-refractivity contribution in [3.63, 3.8) is 0 Å². The highest BCUT2D eigenvalue weighted by Crippen LogP contribution is 2.16. The van der Waals surface area contributed by atoms with Crippen LogP contribution in [0.2, 0.25) is 5.02 Å². The van der Waals surface area contributed by atoms with E-state index in [0.29, 0.717) is 23.8 Å². The van der Waals surface area contributed by atoms with E-state index >= 15 is 0 Å². The molecule has 1 N–H and O–H groups in total. The minimum absolute atomic E-state index is 0.0136. The third-order valence-corrected chi connectivity index (χ3v) is 2.51. The Kier molecular flexibility index (Phi) is 3.71. The summed E-state index contributed by atoms with van der Waals surface area (Å²) >= 11 is 5.77. The Bertz CT molecular complexity index is 495. The van der Waals surface area contributed by atoms with Gasteiger partial charge in [0.05, 0.1) is 13.2 Å². The highest BCUT2D eigenvalue weighted by Gasteiger charge is 2.07. The summed E-state index contributed by atoms with van der Waals surface area (Å²) in [7, 11) is 0. The van der Waals surface area contributed by atoms with Crippen molar-refractivity contribution < 1.29 is 9.50 Å². The van der Waals surface area contributed by atoms with Gasteiger partial charge in [-0.15, -0.1) is 0 Å². The highest BCUT2D eigenvalue weighted by atomic mass is 35.5. The summed E-state index contributed by atoms with van der Waals surface area (Å²) in [6.45, 7) is 0.360. The Labute approximate surface area is 103 Å². The van der Waals surface area contributed by atoms with Gasteiger partial charge in [-0.2, -0.15) is 5.10 Å². The lowest BCUT2D eigenvalue weighted by atomic mass is 10.1. The molecular formula is C11H11ClFN3O. The summed E-state index contributed by atoms with van der Waals surface area (Å²) in [5, 5.41) is 13.2. The van der Waals surface area contributed by atoms with Crippen molar-refractivity contribution in [1.29, 1.82) is 0 Å². The van der Waals surface area contributed by atoms with Crippen molar-refractivity contribution in [2.45, 2.75) is 13.0 Å². The van der Waals surface area contributed by atoms with Gasteiger partial charge in [-0.1, -0.05) is 11.6 Å². The van der Waals surface area contributed by atoms with Crippen LogP contribution in [0.3, 0.4) is 0 Å². The third-order valence-electron chi connectivity index (χ3n) is 2.29. The molecule has 0 saturated carbocycles. The van der Waals surface area contributed by atoms with E-state index in [-0.39, 0.29) is 12.4 Å². The molecule has 0 spiro atoms. The average Bonchev–Trinajstić information content (AvgIpc) is 2.65. The van der Waals surface area contributed by atoms with Crippen molar-refractivity contribution in [3.05, 3.63) is 46.8 Å². The van der Waals surface area contributed by atoms with Gasteiger partial charge in [0.1, 0.15) is 18.0 Å². The molecule has 6 heteroatoms. The molecule has 90 valence electrons. The second-order valence-corrected chi connectivity index (χ2v) is 4.01. The fraction of sp³-hybridized carbons (Fsp3) is 0.273. The van der Waals surface area contributed by atoms with Crippen LogP contribution in [0.1, 0.15) is 11.4 Å². The second-order valence-electron chi connectivity index (χ2n) is 3.58. The number of halogens is 2. The number of hydrogen-bond donors (Lipinski definition) is 1. The number of aliphatic hydroxyl groups is 1. The van der Waals surface area contributed by atoms with E-state index in [9.17, 15) is 4.39 Å². The molecule has 0 saturated heterocycles. The van der Waals surface area contributed by atoms with Crippen LogP contribution in [0.4, 0.5) is 4.39 Å². The molecule has 0 unspecified atom stereocenters. The van der Waals surface area contributed by atoms with Gasteiger partial charge in [0.2, 0.25) is 0 Å². The van der Waals surface area contributed by atoms with E-state index in [1.165, 1.54) is 18.5 Å². The topological polar surface area (TPSA) is 50.9 Å². The summed E-state index contributed by atoms with van der Waals surface area (Å²) in [5.74, 6) is 0.293. The molecule has 0 bridgehead atoms. The summed E-state index contributed by atoms with van der Waals surface area (Å²) in [6, 6.07) is 4.34. The number of rotatable bonds is 4. The van der Waals surface area contributed by atoms with Gasteiger partial charge >= 0.3 is 0 Å². The Morgan fingerprint density at radius 3 is 2.88 bits per heavy atom. The molecule has 0 aliphatic rings. The van der Waals surface area contributed by atoms with Crippen molar-refractivity contribution in [2.24, 2.45) is 0 Å². The molecular weight excluding hydrogens is 245 g/mol. The maximum absolute atomic E-state index is 13.1. The zero-order valence-electron chi connectivity index (χ0n) is 8.98. The van der Waals surface area contributed by atoms with E-state index in [0.717, 1.165) is 5.56 Å². The molecule has 0 aliphatic heterocycles. The zero-order chi connectivity index (χ0) is 12.3. The molecule has 0 radical (unpaired) electrons. The monoisotopic (exact) mass is 255 g/mol. The van der Waals surface area contributed by atoms with Crippen molar-refractivity contribution >= 4 is 11.6 Å². The lowest BCUT2D eigenvalue weighted by Gasteiger charge is -2.05. The maximum atomic E-state index is 13.1. The van der Waals surface area contributed by atoms with Crippen LogP contribution < -0.4 is 0 Å². The number of nitrogens with zero attached hydrogens (tertiary/aromatic N) is 3. The van der Waals surface area contributed by atoms with E-state index in [2.05, 4.69) is 10.1 Å². The number of aromatic nitrogens is 3. The summed E-state index contributed by atoms with van der Waals surface area (Å²) in [5.41, 5.74) is 0.724. The average molecular weight is 256 g/mol. The molecule has 0 fully saturated rings. The number of benzene rings is 1. The lowest BCUT2D eigenvalue weighted by molar-refractivity contribution is 0.267. The summed E-state index contributed by atoms with van der Waals surface area (Å²) < 4.78 is 14.7. The lowest BCUT2D eigenvalue weighted by Crippen LogP contribution is -2.09. The first-order valence-electron chi connectivity index (χ1n) is 5.11. The Morgan fingerprint density at radius 2 is 2.18 bits per heavy atom. The fourth-order valence-electron chi connectivity index (χ4n) is 1.60. The van der Waals surface area contributed by atoms with Crippen LogP contribution in [0, 0.1) is 5.82 Å². The van der Waals surface area contributed by atoms with Gasteiger partial charge < -0.3 is 5.11 Å². The molecule has 0 aliphatic carbocycles.